The van der Waals surface area contributed by atoms with Crippen LogP contribution in [0.25, 0.3) is 0 Å². The highest BCUT2D eigenvalue weighted by molar-refractivity contribution is 5.31. The second-order valence-electron chi connectivity index (χ2n) is 4.38. The van der Waals surface area contributed by atoms with Crippen LogP contribution in [0.15, 0.2) is 18.2 Å². The second-order valence-corrected chi connectivity index (χ2v) is 4.38. The molecule has 4 heteroatoms. The standard InChI is InChI=1S/C13H18FNO2/c1-17-12-6-2-4-10(13(12)14)8-15-7-3-5-11(15)9-16/h2,4,6,11,16H,3,5,7-9H2,1H3/t11-/m1/s1. The van der Waals surface area contributed by atoms with Crippen LogP contribution in [0.4, 0.5) is 4.39 Å². The molecule has 0 aliphatic carbocycles. The van der Waals surface area contributed by atoms with E-state index in [-0.39, 0.29) is 24.2 Å². The first-order valence-corrected chi connectivity index (χ1v) is 5.92. The van der Waals surface area contributed by atoms with Crippen molar-refractivity contribution in [2.45, 2.75) is 25.4 Å². The van der Waals surface area contributed by atoms with Gasteiger partial charge in [-0.25, -0.2) is 4.39 Å². The van der Waals surface area contributed by atoms with Gasteiger partial charge in [-0.15, -0.1) is 0 Å². The molecule has 1 fully saturated rings. The van der Waals surface area contributed by atoms with E-state index >= 15 is 0 Å². The molecule has 1 aliphatic rings. The number of aliphatic hydroxyl groups excluding tert-OH is 1. The van der Waals surface area contributed by atoms with Crippen molar-refractivity contribution in [1.29, 1.82) is 0 Å². The van der Waals surface area contributed by atoms with Crippen molar-refractivity contribution in [3.05, 3.63) is 29.6 Å². The van der Waals surface area contributed by atoms with E-state index in [9.17, 15) is 9.50 Å². The van der Waals surface area contributed by atoms with Crippen LogP contribution in [-0.2, 0) is 6.54 Å². The largest absolute Gasteiger partial charge is 0.494 e. The molecule has 2 rings (SSSR count). The molecule has 1 atom stereocenters. The van der Waals surface area contributed by atoms with E-state index < -0.39 is 0 Å². The highest BCUT2D eigenvalue weighted by Crippen LogP contribution is 2.24. The summed E-state index contributed by atoms with van der Waals surface area (Å²) in [5.41, 5.74) is 0.629. The Bertz CT molecular complexity index is 384. The minimum absolute atomic E-state index is 0.144. The Morgan fingerprint density at radius 2 is 2.35 bits per heavy atom. The lowest BCUT2D eigenvalue weighted by Crippen LogP contribution is -2.31. The Morgan fingerprint density at radius 3 is 3.06 bits per heavy atom. The van der Waals surface area contributed by atoms with E-state index in [1.54, 1.807) is 18.2 Å². The Balaban J connectivity index is 2.13. The Kier molecular flexibility index (Phi) is 3.97. The van der Waals surface area contributed by atoms with Crippen LogP contribution in [0, 0.1) is 5.82 Å². The minimum Gasteiger partial charge on any atom is -0.494 e. The van der Waals surface area contributed by atoms with Gasteiger partial charge in [0.2, 0.25) is 0 Å². The predicted octanol–water partition coefficient (Wildman–Crippen LogP) is 1.79. The summed E-state index contributed by atoms with van der Waals surface area (Å²) in [5, 5.41) is 9.22. The number of likely N-dealkylation sites (tertiary alicyclic amines) is 1. The van der Waals surface area contributed by atoms with Gasteiger partial charge in [0, 0.05) is 18.2 Å². The van der Waals surface area contributed by atoms with E-state index in [1.165, 1.54) is 7.11 Å². The maximum absolute atomic E-state index is 13.9. The van der Waals surface area contributed by atoms with Crippen molar-refractivity contribution in [2.24, 2.45) is 0 Å². The van der Waals surface area contributed by atoms with Crippen molar-refractivity contribution < 1.29 is 14.2 Å². The van der Waals surface area contributed by atoms with E-state index in [0.717, 1.165) is 19.4 Å². The summed E-state index contributed by atoms with van der Waals surface area (Å²) in [6.45, 7) is 1.60. The van der Waals surface area contributed by atoms with Crippen molar-refractivity contribution in [1.82, 2.24) is 4.90 Å². The molecular weight excluding hydrogens is 221 g/mol. The van der Waals surface area contributed by atoms with Gasteiger partial charge >= 0.3 is 0 Å². The minimum atomic E-state index is -0.293. The maximum atomic E-state index is 13.9. The number of halogens is 1. The van der Waals surface area contributed by atoms with E-state index in [1.807, 2.05) is 0 Å². The molecule has 0 radical (unpaired) electrons. The molecule has 1 aromatic carbocycles. The number of hydrogen-bond donors (Lipinski definition) is 1. The highest BCUT2D eigenvalue weighted by Gasteiger charge is 2.24. The first-order chi connectivity index (χ1) is 8.26. The van der Waals surface area contributed by atoms with Crippen molar-refractivity contribution in [3.8, 4) is 5.75 Å². The van der Waals surface area contributed by atoms with E-state index in [4.69, 9.17) is 4.74 Å². The van der Waals surface area contributed by atoms with Gasteiger partial charge in [-0.2, -0.15) is 0 Å². The lowest BCUT2D eigenvalue weighted by Gasteiger charge is -2.23. The van der Waals surface area contributed by atoms with Crippen molar-refractivity contribution in [3.63, 3.8) is 0 Å². The highest BCUT2D eigenvalue weighted by atomic mass is 19.1. The van der Waals surface area contributed by atoms with Crippen LogP contribution in [0.1, 0.15) is 18.4 Å². The molecule has 1 N–H and O–H groups in total. The van der Waals surface area contributed by atoms with Gasteiger partial charge in [0.25, 0.3) is 0 Å². The average molecular weight is 239 g/mol. The van der Waals surface area contributed by atoms with E-state index in [0.29, 0.717) is 12.1 Å². The molecule has 3 nitrogen and oxygen atoms in total. The average Bonchev–Trinajstić information content (AvgIpc) is 2.79. The fraction of sp³-hybridized carbons (Fsp3) is 0.538. The van der Waals surface area contributed by atoms with Crippen LogP contribution < -0.4 is 4.74 Å². The fourth-order valence-electron chi connectivity index (χ4n) is 2.36. The van der Waals surface area contributed by atoms with Crippen molar-refractivity contribution in [2.75, 3.05) is 20.3 Å². The van der Waals surface area contributed by atoms with Gasteiger partial charge < -0.3 is 9.84 Å². The molecule has 1 aromatic rings. The van der Waals surface area contributed by atoms with Gasteiger partial charge in [-0.05, 0) is 25.5 Å². The van der Waals surface area contributed by atoms with Crippen LogP contribution >= 0.6 is 0 Å². The molecule has 0 saturated carbocycles. The topological polar surface area (TPSA) is 32.7 Å². The first kappa shape index (κ1) is 12.3. The molecule has 0 spiro atoms. The molecule has 0 bridgehead atoms. The number of methoxy groups -OCH3 is 1. The first-order valence-electron chi connectivity index (χ1n) is 5.92. The smallest absolute Gasteiger partial charge is 0.169 e. The summed E-state index contributed by atoms with van der Waals surface area (Å²) in [6, 6.07) is 5.35. The molecule has 94 valence electrons. The number of hydrogen-bond acceptors (Lipinski definition) is 3. The molecule has 1 saturated heterocycles. The quantitative estimate of drug-likeness (QED) is 0.869. The van der Waals surface area contributed by atoms with Crippen LogP contribution in [0.5, 0.6) is 5.75 Å². The third kappa shape index (κ3) is 2.58. The number of rotatable bonds is 4. The summed E-state index contributed by atoms with van der Waals surface area (Å²) in [4.78, 5) is 2.12. The lowest BCUT2D eigenvalue weighted by molar-refractivity contribution is 0.152. The molecule has 1 heterocycles. The van der Waals surface area contributed by atoms with Gasteiger partial charge in [0.15, 0.2) is 11.6 Å². The third-order valence-electron chi connectivity index (χ3n) is 3.35. The molecule has 0 aromatic heterocycles. The number of benzene rings is 1. The lowest BCUT2D eigenvalue weighted by atomic mass is 10.1. The van der Waals surface area contributed by atoms with E-state index in [2.05, 4.69) is 4.90 Å². The van der Waals surface area contributed by atoms with Crippen LogP contribution in [0.3, 0.4) is 0 Å². The third-order valence-corrected chi connectivity index (χ3v) is 3.35. The monoisotopic (exact) mass is 239 g/mol. The number of ether oxygens (including phenoxy) is 1. The summed E-state index contributed by atoms with van der Waals surface area (Å²) >= 11 is 0. The molecule has 17 heavy (non-hydrogen) atoms. The number of nitrogens with zero attached hydrogens (tertiary/aromatic N) is 1. The zero-order chi connectivity index (χ0) is 12.3. The van der Waals surface area contributed by atoms with Crippen LogP contribution in [0.2, 0.25) is 0 Å². The second kappa shape index (κ2) is 5.47. The molecule has 0 unspecified atom stereocenters. The van der Waals surface area contributed by atoms with Gasteiger partial charge in [-0.1, -0.05) is 12.1 Å². The summed E-state index contributed by atoms with van der Waals surface area (Å²) in [5.74, 6) is -0.0131. The zero-order valence-electron chi connectivity index (χ0n) is 10.0. The van der Waals surface area contributed by atoms with Crippen molar-refractivity contribution >= 4 is 0 Å². The molecule has 0 amide bonds. The SMILES string of the molecule is COc1cccc(CN2CCC[C@@H]2CO)c1F. The Labute approximate surface area is 101 Å². The maximum Gasteiger partial charge on any atom is 0.169 e. The Hall–Kier alpha value is -1.13. The molecular formula is C13H18FNO2. The summed E-state index contributed by atoms with van der Waals surface area (Å²) in [6.07, 6.45) is 2.05. The predicted molar refractivity (Wildman–Crippen MR) is 63.5 cm³/mol. The van der Waals surface area contributed by atoms with Gasteiger partial charge in [0.05, 0.1) is 13.7 Å². The van der Waals surface area contributed by atoms with Gasteiger partial charge in [-0.3, -0.25) is 4.90 Å². The summed E-state index contributed by atoms with van der Waals surface area (Å²) in [7, 11) is 1.47. The van der Waals surface area contributed by atoms with Crippen LogP contribution in [-0.4, -0.2) is 36.3 Å². The number of aliphatic hydroxyl groups is 1. The van der Waals surface area contributed by atoms with Gasteiger partial charge in [0.1, 0.15) is 0 Å². The molecule has 1 aliphatic heterocycles. The normalized spacial score (nSPS) is 20.8. The zero-order valence-corrected chi connectivity index (χ0v) is 10.0. The fourth-order valence-corrected chi connectivity index (χ4v) is 2.36. The summed E-state index contributed by atoms with van der Waals surface area (Å²) < 4.78 is 18.9. The Morgan fingerprint density at radius 1 is 1.53 bits per heavy atom.